The fourth-order valence-corrected chi connectivity index (χ4v) is 2.81. The van der Waals surface area contributed by atoms with Crippen LogP contribution in [0.2, 0.25) is 0 Å². The zero-order valence-electron chi connectivity index (χ0n) is 9.69. The minimum absolute atomic E-state index is 0.00572. The number of nitrogens with zero attached hydrogens (tertiary/aromatic N) is 1. The topological polar surface area (TPSA) is 30.0 Å². The summed E-state index contributed by atoms with van der Waals surface area (Å²) in [5, 5.41) is -1.00. The molecule has 2 rings (SSSR count). The molecule has 0 saturated heterocycles. The van der Waals surface area contributed by atoms with Gasteiger partial charge in [0.1, 0.15) is 0 Å². The Balaban J connectivity index is 2.37. The number of aromatic nitrogens is 1. The molecular weight excluding hydrogens is 295 g/mol. The maximum Gasteiger partial charge on any atom is 0.443 e. The van der Waals surface area contributed by atoms with E-state index in [1.54, 1.807) is 30.5 Å². The number of ketones is 1. The second kappa shape index (κ2) is 5.34. The third-order valence-electron chi connectivity index (χ3n) is 2.32. The lowest BCUT2D eigenvalue weighted by Crippen LogP contribution is -2.03. The van der Waals surface area contributed by atoms with Gasteiger partial charge >= 0.3 is 6.18 Å². The number of halogens is 3. The Morgan fingerprint density at radius 3 is 2.58 bits per heavy atom. The Bertz CT molecular complexity index is 607. The van der Waals surface area contributed by atoms with Gasteiger partial charge in [-0.25, -0.2) is 4.98 Å². The molecule has 0 bridgehead atoms. The predicted molar refractivity (Wildman–Crippen MR) is 68.8 cm³/mol. The first-order valence-corrected chi connectivity index (χ1v) is 7.18. The van der Waals surface area contributed by atoms with Gasteiger partial charge in [0.2, 0.25) is 5.78 Å². The molecule has 0 saturated carbocycles. The van der Waals surface area contributed by atoms with Gasteiger partial charge in [-0.2, -0.15) is 13.2 Å². The van der Waals surface area contributed by atoms with E-state index < -0.39 is 17.0 Å². The van der Waals surface area contributed by atoms with Crippen LogP contribution in [0.3, 0.4) is 0 Å². The Labute approximate surface area is 115 Å². The molecular formula is C12H8F3NOS2. The molecule has 7 heteroatoms. The lowest BCUT2D eigenvalue weighted by atomic mass is 10.1. The molecule has 0 radical (unpaired) electrons. The average molecular weight is 303 g/mol. The van der Waals surface area contributed by atoms with Crippen LogP contribution in [0.5, 0.6) is 0 Å². The summed E-state index contributed by atoms with van der Waals surface area (Å²) in [4.78, 5) is 16.1. The van der Waals surface area contributed by atoms with Gasteiger partial charge in [0.15, 0.2) is 5.01 Å². The van der Waals surface area contributed by atoms with Gasteiger partial charge in [0.05, 0.1) is 4.88 Å². The summed E-state index contributed by atoms with van der Waals surface area (Å²) in [6.07, 6.45) is -1.73. The van der Waals surface area contributed by atoms with Crippen molar-refractivity contribution in [3.8, 4) is 0 Å². The van der Waals surface area contributed by atoms with E-state index in [9.17, 15) is 18.0 Å². The number of hydrogen-bond donors (Lipinski definition) is 0. The molecule has 0 unspecified atom stereocenters. The predicted octanol–water partition coefficient (Wildman–Crippen LogP) is 4.11. The summed E-state index contributed by atoms with van der Waals surface area (Å²) in [7, 11) is 0. The van der Waals surface area contributed by atoms with E-state index in [4.69, 9.17) is 0 Å². The van der Waals surface area contributed by atoms with Crippen molar-refractivity contribution in [1.82, 2.24) is 4.98 Å². The number of alkyl halides is 3. The molecule has 0 aliphatic rings. The van der Waals surface area contributed by atoms with Crippen molar-refractivity contribution in [1.29, 1.82) is 0 Å². The molecule has 1 heterocycles. The highest BCUT2D eigenvalue weighted by atomic mass is 32.2. The highest BCUT2D eigenvalue weighted by Gasteiger charge is 2.35. The third kappa shape index (κ3) is 2.98. The summed E-state index contributed by atoms with van der Waals surface area (Å²) in [6, 6.07) is 6.81. The van der Waals surface area contributed by atoms with Crippen molar-refractivity contribution in [2.24, 2.45) is 0 Å². The monoisotopic (exact) mass is 303 g/mol. The van der Waals surface area contributed by atoms with Gasteiger partial charge in [-0.1, -0.05) is 12.1 Å². The molecule has 1 aromatic heterocycles. The quantitative estimate of drug-likeness (QED) is 0.631. The standard InChI is InChI=1S/C12H8F3NOS2/c1-18-8-5-3-2-4-7(8)10(17)9-6-16-11(19-9)12(13,14)15/h2-6H,1H3. The zero-order chi connectivity index (χ0) is 14.0. The molecule has 0 N–H and O–H groups in total. The summed E-state index contributed by atoms with van der Waals surface area (Å²) in [5.74, 6) is -0.432. The summed E-state index contributed by atoms with van der Waals surface area (Å²) in [5.41, 5.74) is 0.396. The van der Waals surface area contributed by atoms with Crippen molar-refractivity contribution >= 4 is 28.9 Å². The molecule has 2 nitrogen and oxygen atoms in total. The Morgan fingerprint density at radius 1 is 1.32 bits per heavy atom. The first-order chi connectivity index (χ1) is 8.93. The van der Waals surface area contributed by atoms with Gasteiger partial charge in [0.25, 0.3) is 0 Å². The fourth-order valence-electron chi connectivity index (χ4n) is 1.48. The third-order valence-corrected chi connectivity index (χ3v) is 4.16. The van der Waals surface area contributed by atoms with E-state index in [0.717, 1.165) is 11.1 Å². The fraction of sp³-hybridized carbons (Fsp3) is 0.167. The molecule has 0 aliphatic heterocycles. The van der Waals surface area contributed by atoms with Crippen LogP contribution in [-0.4, -0.2) is 17.0 Å². The highest BCUT2D eigenvalue weighted by Crippen LogP contribution is 2.33. The van der Waals surface area contributed by atoms with Crippen molar-refractivity contribution < 1.29 is 18.0 Å². The second-order valence-electron chi connectivity index (χ2n) is 3.56. The van der Waals surface area contributed by atoms with E-state index in [0.29, 0.717) is 16.9 Å². The van der Waals surface area contributed by atoms with Crippen molar-refractivity contribution in [2.75, 3.05) is 6.26 Å². The summed E-state index contributed by atoms with van der Waals surface area (Å²) in [6.45, 7) is 0. The minimum atomic E-state index is -4.51. The first-order valence-electron chi connectivity index (χ1n) is 5.14. The van der Waals surface area contributed by atoms with Gasteiger partial charge in [-0.15, -0.1) is 23.1 Å². The van der Waals surface area contributed by atoms with Crippen LogP contribution in [-0.2, 0) is 6.18 Å². The normalized spacial score (nSPS) is 11.6. The van der Waals surface area contributed by atoms with Crippen LogP contribution in [0, 0.1) is 0 Å². The van der Waals surface area contributed by atoms with Crippen LogP contribution in [0.25, 0.3) is 0 Å². The number of hydrogen-bond acceptors (Lipinski definition) is 4. The van der Waals surface area contributed by atoms with Crippen LogP contribution in [0.4, 0.5) is 13.2 Å². The van der Waals surface area contributed by atoms with Gasteiger partial charge in [-0.05, 0) is 18.4 Å². The minimum Gasteiger partial charge on any atom is -0.288 e. The maximum absolute atomic E-state index is 12.4. The Kier molecular flexibility index (Phi) is 3.96. The molecule has 2 aromatic rings. The molecule has 19 heavy (non-hydrogen) atoms. The number of thioether (sulfide) groups is 1. The summed E-state index contributed by atoms with van der Waals surface area (Å²) < 4.78 is 37.3. The number of carbonyl (C=O) groups is 1. The Hall–Kier alpha value is -1.34. The second-order valence-corrected chi connectivity index (χ2v) is 5.44. The van der Waals surface area contributed by atoms with E-state index >= 15 is 0 Å². The molecule has 0 atom stereocenters. The lowest BCUT2D eigenvalue weighted by molar-refractivity contribution is -0.137. The zero-order valence-corrected chi connectivity index (χ0v) is 11.3. The van der Waals surface area contributed by atoms with E-state index in [1.165, 1.54) is 11.8 Å². The first kappa shape index (κ1) is 14.1. The van der Waals surface area contributed by atoms with Gasteiger partial charge < -0.3 is 0 Å². The largest absolute Gasteiger partial charge is 0.443 e. The van der Waals surface area contributed by atoms with Crippen LogP contribution in [0.15, 0.2) is 35.4 Å². The molecule has 0 spiro atoms. The number of benzene rings is 1. The van der Waals surface area contributed by atoms with Crippen molar-refractivity contribution in [3.05, 3.63) is 45.9 Å². The lowest BCUT2D eigenvalue weighted by Gasteiger charge is -2.04. The van der Waals surface area contributed by atoms with Crippen LogP contribution >= 0.6 is 23.1 Å². The Morgan fingerprint density at radius 2 is 2.00 bits per heavy atom. The SMILES string of the molecule is CSc1ccccc1C(=O)c1cnc(C(F)(F)F)s1. The molecule has 1 aromatic carbocycles. The maximum atomic E-state index is 12.4. The highest BCUT2D eigenvalue weighted by molar-refractivity contribution is 7.98. The average Bonchev–Trinajstić information content (AvgIpc) is 2.87. The van der Waals surface area contributed by atoms with E-state index in [1.807, 2.05) is 0 Å². The molecule has 0 aliphatic carbocycles. The van der Waals surface area contributed by atoms with Gasteiger partial charge in [-0.3, -0.25) is 4.79 Å². The van der Waals surface area contributed by atoms with Crippen LogP contribution in [0.1, 0.15) is 20.2 Å². The van der Waals surface area contributed by atoms with E-state index in [-0.39, 0.29) is 4.88 Å². The number of carbonyl (C=O) groups excluding carboxylic acids is 1. The van der Waals surface area contributed by atoms with Crippen molar-refractivity contribution in [3.63, 3.8) is 0 Å². The van der Waals surface area contributed by atoms with Crippen LogP contribution < -0.4 is 0 Å². The van der Waals surface area contributed by atoms with E-state index in [2.05, 4.69) is 4.98 Å². The number of thiazole rings is 1. The number of rotatable bonds is 3. The molecule has 100 valence electrons. The smallest absolute Gasteiger partial charge is 0.288 e. The van der Waals surface area contributed by atoms with Crippen molar-refractivity contribution in [2.45, 2.75) is 11.1 Å². The summed E-state index contributed by atoms with van der Waals surface area (Å²) >= 11 is 1.74. The van der Waals surface area contributed by atoms with Gasteiger partial charge in [0, 0.05) is 16.7 Å². The molecule has 0 fully saturated rings. The molecule has 0 amide bonds.